The number of benzene rings is 1. The Labute approximate surface area is 115 Å². The van der Waals surface area contributed by atoms with Gasteiger partial charge in [-0.25, -0.2) is 8.78 Å². The molecule has 0 radical (unpaired) electrons. The van der Waals surface area contributed by atoms with Crippen LogP contribution < -0.4 is 10.6 Å². The lowest BCUT2D eigenvalue weighted by Crippen LogP contribution is -2.35. The molecule has 110 valence electrons. The number of halogens is 2. The van der Waals surface area contributed by atoms with Crippen molar-refractivity contribution in [2.45, 2.75) is 26.0 Å². The van der Waals surface area contributed by atoms with Crippen LogP contribution in [0.5, 0.6) is 0 Å². The molecule has 3 N–H and O–H groups in total. The van der Waals surface area contributed by atoms with Crippen molar-refractivity contribution in [3.05, 3.63) is 35.4 Å². The maximum atomic E-state index is 12.0. The first kappa shape index (κ1) is 16.0. The fraction of sp³-hybridized carbons (Fsp3) is 0.385. The third-order valence-corrected chi connectivity index (χ3v) is 2.52. The van der Waals surface area contributed by atoms with Crippen molar-refractivity contribution < 1.29 is 23.5 Å². The monoisotopic (exact) mass is 286 g/mol. The van der Waals surface area contributed by atoms with Crippen LogP contribution in [0, 0.1) is 0 Å². The zero-order chi connectivity index (χ0) is 15.1. The van der Waals surface area contributed by atoms with Gasteiger partial charge in [0.15, 0.2) is 0 Å². The molecule has 1 unspecified atom stereocenters. The number of hydrogen-bond acceptors (Lipinski definition) is 3. The van der Waals surface area contributed by atoms with Gasteiger partial charge in [-0.3, -0.25) is 9.59 Å². The summed E-state index contributed by atoms with van der Waals surface area (Å²) in [5, 5.41) is 13.7. The Kier molecular flexibility index (Phi) is 6.05. The van der Waals surface area contributed by atoms with Crippen LogP contribution in [0.25, 0.3) is 0 Å². The summed E-state index contributed by atoms with van der Waals surface area (Å²) < 4.78 is 24.1. The summed E-state index contributed by atoms with van der Waals surface area (Å²) in [4.78, 5) is 22.3. The van der Waals surface area contributed by atoms with Crippen molar-refractivity contribution in [3.8, 4) is 0 Å². The predicted octanol–water partition coefficient (Wildman–Crippen LogP) is 0.678. The van der Waals surface area contributed by atoms with E-state index in [0.717, 1.165) is 5.56 Å². The van der Waals surface area contributed by atoms with Gasteiger partial charge in [0.25, 0.3) is 12.3 Å². The zero-order valence-electron chi connectivity index (χ0n) is 10.9. The van der Waals surface area contributed by atoms with Gasteiger partial charge in [-0.1, -0.05) is 12.1 Å². The van der Waals surface area contributed by atoms with Crippen LogP contribution >= 0.6 is 0 Å². The van der Waals surface area contributed by atoms with E-state index in [1.807, 2.05) is 0 Å². The summed E-state index contributed by atoms with van der Waals surface area (Å²) in [6, 6.07) is 6.32. The summed E-state index contributed by atoms with van der Waals surface area (Å²) in [6.07, 6.45) is -4.77. The van der Waals surface area contributed by atoms with E-state index in [0.29, 0.717) is 6.54 Å². The maximum absolute atomic E-state index is 12.0. The van der Waals surface area contributed by atoms with Crippen LogP contribution in [0.2, 0.25) is 0 Å². The van der Waals surface area contributed by atoms with E-state index in [2.05, 4.69) is 10.6 Å². The highest BCUT2D eigenvalue weighted by atomic mass is 19.3. The Bertz CT molecular complexity index is 463. The third-order valence-electron chi connectivity index (χ3n) is 2.52. The first-order valence-corrected chi connectivity index (χ1v) is 5.98. The highest BCUT2D eigenvalue weighted by Gasteiger charge is 2.17. The van der Waals surface area contributed by atoms with Gasteiger partial charge in [-0.05, 0) is 17.7 Å². The van der Waals surface area contributed by atoms with Crippen molar-refractivity contribution in [2.75, 3.05) is 6.54 Å². The van der Waals surface area contributed by atoms with Crippen LogP contribution in [-0.2, 0) is 11.3 Å². The molecule has 0 aromatic heterocycles. The van der Waals surface area contributed by atoms with Gasteiger partial charge in [0, 0.05) is 25.6 Å². The molecule has 2 amide bonds. The normalized spacial score (nSPS) is 12.1. The van der Waals surface area contributed by atoms with Crippen LogP contribution in [-0.4, -0.2) is 36.0 Å². The second-order valence-corrected chi connectivity index (χ2v) is 4.22. The van der Waals surface area contributed by atoms with Crippen LogP contribution in [0.15, 0.2) is 24.3 Å². The molecule has 1 atom stereocenters. The Balaban J connectivity index is 2.51. The van der Waals surface area contributed by atoms with E-state index in [9.17, 15) is 18.4 Å². The fourth-order valence-electron chi connectivity index (χ4n) is 1.39. The quantitative estimate of drug-likeness (QED) is 0.719. The molecule has 0 spiro atoms. The molecular formula is C13H16F2N2O3. The smallest absolute Gasteiger partial charge is 0.265 e. The number of nitrogens with one attached hydrogen (secondary N) is 2. The standard InChI is InChI=1S/C13H16F2N2O3/c1-8(18)16-6-9-2-4-10(5-3-9)13(20)17-7-11(19)12(14)15/h2-5,11-12,19H,6-7H2,1H3,(H,16,18)(H,17,20). The lowest BCUT2D eigenvalue weighted by molar-refractivity contribution is -0.119. The van der Waals surface area contributed by atoms with Crippen molar-refractivity contribution >= 4 is 11.8 Å². The Morgan fingerprint density at radius 2 is 1.80 bits per heavy atom. The minimum absolute atomic E-state index is 0.159. The van der Waals surface area contributed by atoms with Crippen LogP contribution in [0.3, 0.4) is 0 Å². The highest BCUT2D eigenvalue weighted by Crippen LogP contribution is 2.05. The molecule has 0 saturated heterocycles. The topological polar surface area (TPSA) is 78.4 Å². The highest BCUT2D eigenvalue weighted by molar-refractivity contribution is 5.94. The third kappa shape index (κ3) is 5.31. The lowest BCUT2D eigenvalue weighted by Gasteiger charge is -2.11. The lowest BCUT2D eigenvalue weighted by atomic mass is 10.1. The predicted molar refractivity (Wildman–Crippen MR) is 68.3 cm³/mol. The summed E-state index contributed by atoms with van der Waals surface area (Å²) in [5.41, 5.74) is 1.10. The van der Waals surface area contributed by atoms with Crippen molar-refractivity contribution in [1.29, 1.82) is 0 Å². The zero-order valence-corrected chi connectivity index (χ0v) is 10.9. The van der Waals surface area contributed by atoms with E-state index >= 15 is 0 Å². The molecule has 0 heterocycles. The van der Waals surface area contributed by atoms with Crippen molar-refractivity contribution in [3.63, 3.8) is 0 Å². The van der Waals surface area contributed by atoms with E-state index in [-0.39, 0.29) is 11.5 Å². The molecule has 0 bridgehead atoms. The molecule has 1 aromatic carbocycles. The number of alkyl halides is 2. The number of carbonyl (C=O) groups is 2. The van der Waals surface area contributed by atoms with Gasteiger partial charge >= 0.3 is 0 Å². The number of aliphatic hydroxyl groups is 1. The molecule has 1 aromatic rings. The van der Waals surface area contributed by atoms with Gasteiger partial charge in [-0.2, -0.15) is 0 Å². The SMILES string of the molecule is CC(=O)NCc1ccc(C(=O)NCC(O)C(F)F)cc1. The summed E-state index contributed by atoms with van der Waals surface area (Å²) in [7, 11) is 0. The molecule has 7 heteroatoms. The Morgan fingerprint density at radius 3 is 2.30 bits per heavy atom. The second kappa shape index (κ2) is 7.54. The van der Waals surface area contributed by atoms with Gasteiger partial charge in [0.1, 0.15) is 6.10 Å². The molecule has 20 heavy (non-hydrogen) atoms. The van der Waals surface area contributed by atoms with Gasteiger partial charge < -0.3 is 15.7 Å². The summed E-state index contributed by atoms with van der Waals surface area (Å²) in [5.74, 6) is -0.705. The van der Waals surface area contributed by atoms with Gasteiger partial charge in [0.2, 0.25) is 5.91 Å². The molecule has 0 aliphatic heterocycles. The Morgan fingerprint density at radius 1 is 1.20 bits per heavy atom. The summed E-state index contributed by atoms with van der Waals surface area (Å²) in [6.45, 7) is 1.24. The first-order valence-electron chi connectivity index (χ1n) is 5.98. The number of aliphatic hydroxyl groups excluding tert-OH is 1. The molecule has 0 fully saturated rings. The minimum atomic E-state index is -2.89. The van der Waals surface area contributed by atoms with Crippen molar-refractivity contribution in [2.24, 2.45) is 0 Å². The van der Waals surface area contributed by atoms with E-state index in [1.165, 1.54) is 19.1 Å². The van der Waals surface area contributed by atoms with Crippen molar-refractivity contribution in [1.82, 2.24) is 10.6 Å². The molecule has 5 nitrogen and oxygen atoms in total. The number of carbonyl (C=O) groups excluding carboxylic acids is 2. The molecule has 1 rings (SSSR count). The van der Waals surface area contributed by atoms with Gasteiger partial charge in [-0.15, -0.1) is 0 Å². The molecule has 0 aliphatic carbocycles. The number of amides is 2. The summed E-state index contributed by atoms with van der Waals surface area (Å²) >= 11 is 0. The molecule has 0 aliphatic rings. The first-order chi connectivity index (χ1) is 9.40. The van der Waals surface area contributed by atoms with Gasteiger partial charge in [0.05, 0.1) is 0 Å². The second-order valence-electron chi connectivity index (χ2n) is 4.22. The number of rotatable bonds is 6. The largest absolute Gasteiger partial charge is 0.385 e. The van der Waals surface area contributed by atoms with E-state index in [4.69, 9.17) is 5.11 Å². The fourth-order valence-corrected chi connectivity index (χ4v) is 1.39. The van der Waals surface area contributed by atoms with Crippen LogP contribution in [0.1, 0.15) is 22.8 Å². The minimum Gasteiger partial charge on any atom is -0.385 e. The number of hydrogen-bond donors (Lipinski definition) is 3. The van der Waals surface area contributed by atoms with E-state index in [1.54, 1.807) is 12.1 Å². The van der Waals surface area contributed by atoms with E-state index < -0.39 is 25.0 Å². The molecule has 0 saturated carbocycles. The van der Waals surface area contributed by atoms with Crippen LogP contribution in [0.4, 0.5) is 8.78 Å². The average molecular weight is 286 g/mol. The molecular weight excluding hydrogens is 270 g/mol. The maximum Gasteiger partial charge on any atom is 0.265 e. The average Bonchev–Trinajstić information content (AvgIpc) is 2.42. The Hall–Kier alpha value is -2.02.